The SMILES string of the molecule is C1[Cl+]C[Cl+]1.O.O.[Co+2].[Co].[Fe+2].[Fe].[N-]=C=S.[N-]=C=S.[N-]=C=S.[N-]=C=S.[N-]=C=S.[N-]=C=S.[N-]=C=S.[N-]=C=S.c1ccc(-c2cc(-c3cnccn3)nc(-c3cnccn3)c2)cc1.c1ccc(-c2cc(-c3cnccn3)nc(-c3cnccn3)c2)cc1.c1ccc(-c2cc(-c3cnccn3)nc(-c3cnccn3)c2)cc1.c1ccc(-c2cc(-c3cnccn3)nc(-c3cnccn3)c2)cc1. The van der Waals surface area contributed by atoms with Gasteiger partial charge in [0.15, 0.2) is 0 Å². The van der Waals surface area contributed by atoms with Crippen LogP contribution in [0.25, 0.3) is 179 Å². The van der Waals surface area contributed by atoms with Gasteiger partial charge in [-0.15, -0.1) is 0 Å². The first kappa shape index (κ1) is 119. The van der Waals surface area contributed by atoms with Gasteiger partial charge in [0.2, 0.25) is 0 Å². The van der Waals surface area contributed by atoms with E-state index in [9.17, 15) is 0 Å². The summed E-state index contributed by atoms with van der Waals surface area (Å²) in [4.78, 5) is 86.7. The molecule has 13 heterocycles. The molecule has 44 heteroatoms. The molecular weight excluding hydrogens is 2010 g/mol. The first-order chi connectivity index (χ1) is 60.9. The Morgan fingerprint density at radius 1 is 0.215 bits per heavy atom. The molecule has 1 saturated heterocycles. The van der Waals surface area contributed by atoms with Gasteiger partial charge in [-0.2, -0.15) is 41.3 Å². The number of pyridine rings is 4. The molecule has 0 amide bonds. The average Bonchev–Trinajstić information content (AvgIpc) is 0.822. The van der Waals surface area contributed by atoms with Crippen LogP contribution in [0.2, 0.25) is 0 Å². The molecule has 0 atom stereocenters. The number of benzene rings is 4. The molecule has 1 aliphatic rings. The minimum atomic E-state index is 0. The van der Waals surface area contributed by atoms with Gasteiger partial charge in [0, 0.05) is 133 Å². The summed E-state index contributed by atoms with van der Waals surface area (Å²) < 4.78 is 0. The summed E-state index contributed by atoms with van der Waals surface area (Å²) >= 11 is 29.6. The van der Waals surface area contributed by atoms with Crippen molar-refractivity contribution in [3.8, 4) is 136 Å². The van der Waals surface area contributed by atoms with E-state index in [1.165, 1.54) is 52.0 Å². The molecule has 0 spiro atoms. The summed E-state index contributed by atoms with van der Waals surface area (Å²) in [6, 6.07) is 56.7. The second-order valence-electron chi connectivity index (χ2n) is 22.0. The standard InChI is InChI=1S/4C19H13N5.C2H4Cl2.8CNS.2Co.2Fe.2H2O/c4*1-2-4-14(5-3-1)15-10-16(18-12-20-6-8-22-18)24-17(11-15)19-13-21-7-9-23-19;1-3-2-4-1;8*2-1-3;;;;;;/h4*1-13H;1-2H2;;;;;;;;;;;;;2*1H2/q;;;;+2;8*-1;;+2;;+2;;. The van der Waals surface area contributed by atoms with Crippen molar-refractivity contribution < 1.29 is 100 Å². The molecular formula is C86H60Cl2Co2Fe2N28O2S8-2. The van der Waals surface area contributed by atoms with Crippen molar-refractivity contribution in [1.82, 2.24) is 99.7 Å². The van der Waals surface area contributed by atoms with Crippen molar-refractivity contribution in [1.29, 1.82) is 0 Å². The zero-order valence-electron chi connectivity index (χ0n) is 66.4. The molecule has 0 bridgehead atoms. The molecule has 16 aromatic rings. The number of thiocarbonyl (C=S) groups is 8. The fourth-order valence-corrected chi connectivity index (χ4v) is 10.5. The van der Waals surface area contributed by atoms with E-state index in [1.807, 2.05) is 121 Å². The third-order valence-electron chi connectivity index (χ3n) is 14.6. The number of alkyl halides is 4. The predicted molar refractivity (Wildman–Crippen MR) is 512 cm³/mol. The van der Waals surface area contributed by atoms with Crippen LogP contribution in [0.3, 0.4) is 0 Å². The zero-order chi connectivity index (χ0) is 89.3. The van der Waals surface area contributed by atoms with E-state index in [0.717, 1.165) is 136 Å². The van der Waals surface area contributed by atoms with Crippen molar-refractivity contribution in [3.63, 3.8) is 0 Å². The number of nitrogens with zero attached hydrogens (tertiary/aromatic N) is 28. The average molecular weight is 2070 g/mol. The van der Waals surface area contributed by atoms with E-state index in [1.54, 1.807) is 149 Å². The number of hydrogen-bond donors (Lipinski definition) is 0. The van der Waals surface area contributed by atoms with Gasteiger partial charge < -0.3 is 54.2 Å². The van der Waals surface area contributed by atoms with Crippen molar-refractivity contribution in [2.75, 3.05) is 10.7 Å². The van der Waals surface area contributed by atoms with Crippen molar-refractivity contribution >= 4 is 139 Å². The molecule has 130 heavy (non-hydrogen) atoms. The summed E-state index contributed by atoms with van der Waals surface area (Å²) in [6.45, 7) is 0. The minimum absolute atomic E-state index is 0. The molecule has 17 rings (SSSR count). The summed E-state index contributed by atoms with van der Waals surface area (Å²) in [5.74, 6) is 0. The van der Waals surface area contributed by atoms with Crippen LogP contribution >= 0.6 is 97.7 Å². The van der Waals surface area contributed by atoms with Crippen molar-refractivity contribution in [3.05, 3.63) is 362 Å². The maximum absolute atomic E-state index is 7.13. The predicted octanol–water partition coefficient (Wildman–Crippen LogP) is 18.3. The fourth-order valence-electron chi connectivity index (χ4n) is 9.88. The van der Waals surface area contributed by atoms with E-state index in [4.69, 9.17) is 63.2 Å². The monoisotopic (exact) mass is 2070 g/mol. The molecule has 654 valence electrons. The molecule has 1 aliphatic heterocycles. The van der Waals surface area contributed by atoms with Crippen LogP contribution in [0.4, 0.5) is 0 Å². The van der Waals surface area contributed by atoms with Gasteiger partial charge in [-0.1, -0.05) is 219 Å². The maximum Gasteiger partial charge on any atom is 2.00 e. The molecule has 4 N–H and O–H groups in total. The molecule has 0 unspecified atom stereocenters. The topological polar surface area (TPSA) is 499 Å². The minimum Gasteiger partial charge on any atom is -0.753 e. The second kappa shape index (κ2) is 75.1. The Bertz CT molecular complexity index is 4770. The largest absolute Gasteiger partial charge is 2.00 e. The quantitative estimate of drug-likeness (QED) is 0.0474. The molecule has 2 radical (unpaired) electrons. The number of rotatable bonds is 12. The van der Waals surface area contributed by atoms with Crippen LogP contribution in [-0.2, 0) is 67.7 Å². The van der Waals surface area contributed by atoms with E-state index < -0.39 is 0 Å². The molecule has 0 saturated carbocycles. The van der Waals surface area contributed by atoms with Gasteiger partial charge in [0.05, 0.1) is 95.1 Å². The van der Waals surface area contributed by atoms with Crippen LogP contribution in [0.15, 0.2) is 319 Å². The van der Waals surface area contributed by atoms with Gasteiger partial charge in [0.25, 0.3) is 21.6 Å². The van der Waals surface area contributed by atoms with Gasteiger partial charge in [0.1, 0.15) is 45.6 Å². The molecule has 12 aromatic heterocycles. The third-order valence-corrected chi connectivity index (χ3v) is 16.9. The van der Waals surface area contributed by atoms with Crippen LogP contribution in [0, 0.1) is 21.6 Å². The Balaban J connectivity index is 0. The normalized spacial score (nSPS) is 8.98. The van der Waals surface area contributed by atoms with Gasteiger partial charge in [-0.05, 0) is 93.0 Å². The number of aromatic nitrogens is 20. The van der Waals surface area contributed by atoms with E-state index in [2.05, 4.69) is 248 Å². The fraction of sp³-hybridized carbons (Fsp3) is 0.0233. The first-order valence-corrected chi connectivity index (χ1v) is 39.9. The Kier molecular flexibility index (Phi) is 68.8. The Morgan fingerprint density at radius 2 is 0.331 bits per heavy atom. The van der Waals surface area contributed by atoms with Crippen LogP contribution in [-0.4, -0.2) is 163 Å². The van der Waals surface area contributed by atoms with Gasteiger partial charge >= 0.3 is 44.5 Å². The summed E-state index contributed by atoms with van der Waals surface area (Å²) in [7, 11) is 4.67. The first-order valence-electron chi connectivity index (χ1n) is 34.5. The Hall–Kier alpha value is -12.9. The van der Waals surface area contributed by atoms with E-state index in [-0.39, 0.29) is 78.6 Å². The van der Waals surface area contributed by atoms with Crippen LogP contribution < -0.4 is 0 Å². The zero-order valence-corrected chi connectivity index (χ0v) is 78.7. The Labute approximate surface area is 838 Å². The van der Waals surface area contributed by atoms with E-state index in [0.29, 0.717) is 0 Å². The van der Waals surface area contributed by atoms with Crippen molar-refractivity contribution in [2.24, 2.45) is 0 Å². The maximum atomic E-state index is 7.13. The van der Waals surface area contributed by atoms with Crippen molar-refractivity contribution in [2.45, 2.75) is 0 Å². The van der Waals surface area contributed by atoms with Crippen LogP contribution in [0.5, 0.6) is 0 Å². The molecule has 0 aliphatic carbocycles. The summed E-state index contributed by atoms with van der Waals surface area (Å²) in [6.07, 6.45) is 40.1. The molecule has 1 fully saturated rings. The molecule has 30 nitrogen and oxygen atoms in total. The number of isothiocyanates is 8. The Morgan fingerprint density at radius 3 is 0.423 bits per heavy atom. The second-order valence-corrected chi connectivity index (χ2v) is 25.8. The summed E-state index contributed by atoms with van der Waals surface area (Å²) in [5.41, 5.74) is 20.4. The van der Waals surface area contributed by atoms with Crippen LogP contribution in [0.1, 0.15) is 0 Å². The van der Waals surface area contributed by atoms with Gasteiger partial charge in [-0.25, -0.2) is 19.9 Å². The smallest absolute Gasteiger partial charge is 0.753 e. The van der Waals surface area contributed by atoms with Gasteiger partial charge in [-0.3, -0.25) is 79.7 Å². The number of hydrogen-bond acceptors (Lipinski definition) is 28. The summed E-state index contributed by atoms with van der Waals surface area (Å²) in [5, 5.41) is 70.2. The molecule has 4 aromatic carbocycles. The van der Waals surface area contributed by atoms with E-state index >= 15 is 0 Å². The number of halogens is 2. The third kappa shape index (κ3) is 44.7.